The van der Waals surface area contributed by atoms with Crippen LogP contribution in [0.15, 0.2) is 28.7 Å². The average Bonchev–Trinajstić information content (AvgIpc) is 3.09. The number of rotatable bonds is 9. The van der Waals surface area contributed by atoms with Gasteiger partial charge in [-0.2, -0.15) is 0 Å². The van der Waals surface area contributed by atoms with Crippen LogP contribution in [-0.4, -0.2) is 53.4 Å². The molecule has 1 aromatic heterocycles. The molecular weight excluding hydrogens is 412 g/mol. The third-order valence-electron chi connectivity index (χ3n) is 4.96. The van der Waals surface area contributed by atoms with Crippen LogP contribution in [0.4, 0.5) is 0 Å². The fourth-order valence-corrected chi connectivity index (χ4v) is 3.61. The molecule has 1 amide bonds. The van der Waals surface area contributed by atoms with Crippen LogP contribution in [0.3, 0.4) is 0 Å². The molecule has 2 aromatic rings. The molecule has 0 spiro atoms. The van der Waals surface area contributed by atoms with Gasteiger partial charge in [0.25, 0.3) is 4.84 Å². The van der Waals surface area contributed by atoms with E-state index in [4.69, 9.17) is 33.0 Å². The van der Waals surface area contributed by atoms with E-state index in [1.165, 1.54) is 0 Å². The van der Waals surface area contributed by atoms with Gasteiger partial charge in [0.2, 0.25) is 11.8 Å². The highest BCUT2D eigenvalue weighted by Crippen LogP contribution is 2.22. The second-order valence-electron chi connectivity index (χ2n) is 7.05. The molecule has 3 rings (SSSR count). The molecule has 1 saturated heterocycles. The van der Waals surface area contributed by atoms with Crippen LogP contribution in [-0.2, 0) is 16.2 Å². The molecule has 29 heavy (non-hydrogen) atoms. The Morgan fingerprint density at radius 2 is 2.07 bits per heavy atom. The van der Waals surface area contributed by atoms with E-state index in [-0.39, 0.29) is 11.8 Å². The Morgan fingerprint density at radius 3 is 2.76 bits per heavy atom. The summed E-state index contributed by atoms with van der Waals surface area (Å²) < 4.78 is 12.6. The fourth-order valence-electron chi connectivity index (χ4n) is 3.31. The Hall–Kier alpha value is -1.74. The number of amides is 1. The van der Waals surface area contributed by atoms with Crippen molar-refractivity contribution < 1.29 is 13.9 Å². The molecular formula is C20H27ClN4O3S. The minimum atomic E-state index is 0.0632. The lowest BCUT2D eigenvalue weighted by molar-refractivity contribution is -0.126. The lowest BCUT2D eigenvalue weighted by Crippen LogP contribution is -2.41. The van der Waals surface area contributed by atoms with Crippen LogP contribution < -0.4 is 5.32 Å². The van der Waals surface area contributed by atoms with Crippen molar-refractivity contribution in [2.24, 2.45) is 5.92 Å². The van der Waals surface area contributed by atoms with Crippen molar-refractivity contribution in [2.45, 2.75) is 32.9 Å². The van der Waals surface area contributed by atoms with E-state index in [1.807, 2.05) is 19.1 Å². The average molecular weight is 439 g/mol. The number of ether oxygens (including phenoxy) is 1. The molecule has 0 unspecified atom stereocenters. The number of hydrogen-bond acceptors (Lipinski definition) is 6. The molecule has 1 aliphatic heterocycles. The van der Waals surface area contributed by atoms with Crippen LogP contribution in [0, 0.1) is 10.8 Å². The van der Waals surface area contributed by atoms with Crippen molar-refractivity contribution in [3.05, 3.63) is 34.1 Å². The van der Waals surface area contributed by atoms with Crippen molar-refractivity contribution >= 4 is 29.7 Å². The van der Waals surface area contributed by atoms with E-state index in [9.17, 15) is 4.79 Å². The molecule has 1 aliphatic rings. The van der Waals surface area contributed by atoms with E-state index in [0.717, 1.165) is 37.9 Å². The van der Waals surface area contributed by atoms with Crippen molar-refractivity contribution in [2.75, 3.05) is 32.8 Å². The summed E-state index contributed by atoms with van der Waals surface area (Å²) in [6, 6.07) is 7.29. The van der Waals surface area contributed by atoms with Gasteiger partial charge in [0, 0.05) is 49.4 Å². The largest absolute Gasteiger partial charge is 0.409 e. The first kappa shape index (κ1) is 22.0. The van der Waals surface area contributed by atoms with Gasteiger partial charge in [-0.25, -0.2) is 4.68 Å². The van der Waals surface area contributed by atoms with Crippen molar-refractivity contribution in [1.29, 1.82) is 0 Å². The topological polar surface area (TPSA) is 72.5 Å². The number of likely N-dealkylation sites (tertiary alicyclic amines) is 1. The Labute approximate surface area is 181 Å². The van der Waals surface area contributed by atoms with E-state index >= 15 is 0 Å². The third-order valence-corrected chi connectivity index (χ3v) is 5.50. The van der Waals surface area contributed by atoms with Crippen molar-refractivity contribution in [3.63, 3.8) is 0 Å². The summed E-state index contributed by atoms with van der Waals surface area (Å²) in [5, 5.41) is 8.17. The molecule has 158 valence electrons. The number of aromatic nitrogens is 2. The number of nitrogens with zero attached hydrogens (tertiary/aromatic N) is 3. The fraction of sp³-hybridized carbons (Fsp3) is 0.550. The number of halogens is 1. The van der Waals surface area contributed by atoms with E-state index in [0.29, 0.717) is 42.2 Å². The Kier molecular flexibility index (Phi) is 8.23. The zero-order chi connectivity index (χ0) is 20.6. The molecule has 9 heteroatoms. The Bertz CT molecular complexity index is 844. The van der Waals surface area contributed by atoms with Crippen LogP contribution >= 0.6 is 23.8 Å². The number of carbonyl (C=O) groups is 1. The van der Waals surface area contributed by atoms with Gasteiger partial charge in [-0.3, -0.25) is 9.69 Å². The van der Waals surface area contributed by atoms with Crippen LogP contribution in [0.5, 0.6) is 0 Å². The van der Waals surface area contributed by atoms with Gasteiger partial charge >= 0.3 is 0 Å². The first-order valence-electron chi connectivity index (χ1n) is 9.98. The number of piperidine rings is 1. The number of benzene rings is 1. The second-order valence-corrected chi connectivity index (χ2v) is 7.84. The van der Waals surface area contributed by atoms with E-state index < -0.39 is 0 Å². The number of carbonyl (C=O) groups excluding carboxylic acids is 1. The maximum atomic E-state index is 12.3. The summed E-state index contributed by atoms with van der Waals surface area (Å²) in [5.41, 5.74) is 0.832. The maximum absolute atomic E-state index is 12.3. The molecule has 1 aromatic carbocycles. The van der Waals surface area contributed by atoms with Crippen LogP contribution in [0.25, 0.3) is 11.5 Å². The molecule has 2 heterocycles. The normalized spacial score (nSPS) is 15.5. The van der Waals surface area contributed by atoms with Crippen molar-refractivity contribution in [3.8, 4) is 11.5 Å². The highest BCUT2D eigenvalue weighted by molar-refractivity contribution is 7.71. The second kappa shape index (κ2) is 10.9. The highest BCUT2D eigenvalue weighted by Gasteiger charge is 2.25. The van der Waals surface area contributed by atoms with Gasteiger partial charge in [-0.05, 0) is 62.7 Å². The quantitative estimate of drug-likeness (QED) is 0.475. The van der Waals surface area contributed by atoms with Crippen LogP contribution in [0.1, 0.15) is 26.2 Å². The molecule has 1 fully saturated rings. The summed E-state index contributed by atoms with van der Waals surface area (Å²) in [4.78, 5) is 14.9. The van der Waals surface area contributed by atoms with Gasteiger partial charge in [0.05, 0.1) is 6.67 Å². The molecule has 0 saturated carbocycles. The standard InChI is InChI=1S/C20H27ClN4O3S/c1-2-27-13-3-10-22-18(26)15-8-11-24(12-9-15)14-25-20(29)28-19(23-25)16-4-6-17(21)7-5-16/h4-7,15H,2-3,8-14H2,1H3,(H,22,26). The van der Waals surface area contributed by atoms with Crippen LogP contribution in [0.2, 0.25) is 5.02 Å². The first-order chi connectivity index (χ1) is 14.1. The van der Waals surface area contributed by atoms with E-state index in [1.54, 1.807) is 16.8 Å². The van der Waals surface area contributed by atoms with Crippen molar-refractivity contribution in [1.82, 2.24) is 20.0 Å². The maximum Gasteiger partial charge on any atom is 0.288 e. The Morgan fingerprint density at radius 1 is 1.34 bits per heavy atom. The molecule has 1 N–H and O–H groups in total. The van der Waals surface area contributed by atoms with Gasteiger partial charge in [0.1, 0.15) is 0 Å². The molecule has 0 radical (unpaired) electrons. The zero-order valence-electron chi connectivity index (χ0n) is 16.6. The molecule has 0 aliphatic carbocycles. The highest BCUT2D eigenvalue weighted by atomic mass is 35.5. The summed E-state index contributed by atoms with van der Waals surface area (Å²) in [7, 11) is 0. The molecule has 0 atom stereocenters. The minimum Gasteiger partial charge on any atom is -0.409 e. The van der Waals surface area contributed by atoms with Gasteiger partial charge in [-0.15, -0.1) is 5.10 Å². The molecule has 0 bridgehead atoms. The van der Waals surface area contributed by atoms with Gasteiger partial charge in [0.15, 0.2) is 0 Å². The lowest BCUT2D eigenvalue weighted by Gasteiger charge is -2.30. The first-order valence-corrected chi connectivity index (χ1v) is 10.8. The summed E-state index contributed by atoms with van der Waals surface area (Å²) >= 11 is 11.2. The lowest BCUT2D eigenvalue weighted by atomic mass is 9.96. The molecule has 7 nitrogen and oxygen atoms in total. The number of nitrogens with one attached hydrogen (secondary N) is 1. The SMILES string of the molecule is CCOCCCNC(=O)C1CCN(Cn2nc(-c3ccc(Cl)cc3)oc2=S)CC1. The summed E-state index contributed by atoms with van der Waals surface area (Å²) in [6.45, 7) is 6.23. The summed E-state index contributed by atoms with van der Waals surface area (Å²) in [6.07, 6.45) is 2.50. The smallest absolute Gasteiger partial charge is 0.288 e. The minimum absolute atomic E-state index is 0.0632. The van der Waals surface area contributed by atoms with E-state index in [2.05, 4.69) is 15.3 Å². The third kappa shape index (κ3) is 6.37. The Balaban J connectivity index is 1.46. The number of hydrogen-bond donors (Lipinski definition) is 1. The monoisotopic (exact) mass is 438 g/mol. The predicted molar refractivity (Wildman–Crippen MR) is 114 cm³/mol. The zero-order valence-corrected chi connectivity index (χ0v) is 18.2. The summed E-state index contributed by atoms with van der Waals surface area (Å²) in [5.74, 6) is 0.686. The van der Waals surface area contributed by atoms with Gasteiger partial charge in [-0.1, -0.05) is 11.6 Å². The van der Waals surface area contributed by atoms with Gasteiger partial charge < -0.3 is 14.5 Å². The predicted octanol–water partition coefficient (Wildman–Crippen LogP) is 3.74.